The number of thiazole rings is 1. The summed E-state index contributed by atoms with van der Waals surface area (Å²) in [4.78, 5) is 4.62. The Morgan fingerprint density at radius 3 is 2.05 bits per heavy atom. The second kappa shape index (κ2) is 11.7. The SMILES string of the molecule is CCC[CH2][Sn]([CH2]CCC)([CH2]CCC)[c]1cnc(NCOC)s1. The summed E-state index contributed by atoms with van der Waals surface area (Å²) in [5.74, 6) is 0. The summed E-state index contributed by atoms with van der Waals surface area (Å²) in [6, 6.07) is 0. The molecule has 1 N–H and O–H groups in total. The van der Waals surface area contributed by atoms with E-state index in [2.05, 4.69) is 37.3 Å². The third-order valence-electron chi connectivity index (χ3n) is 4.42. The van der Waals surface area contributed by atoms with Gasteiger partial charge in [-0.1, -0.05) is 0 Å². The van der Waals surface area contributed by atoms with Gasteiger partial charge in [0.25, 0.3) is 0 Å². The van der Waals surface area contributed by atoms with E-state index in [1.165, 1.54) is 51.8 Å². The van der Waals surface area contributed by atoms with Crippen molar-refractivity contribution >= 4 is 37.7 Å². The average molecular weight is 433 g/mol. The Kier molecular flexibility index (Phi) is 10.7. The summed E-state index contributed by atoms with van der Waals surface area (Å²) in [5, 5.41) is 4.32. The molecule has 0 spiro atoms. The van der Waals surface area contributed by atoms with Gasteiger partial charge >= 0.3 is 145 Å². The average Bonchev–Trinajstić information content (AvgIpc) is 3.02. The first kappa shape index (κ1) is 20.2. The zero-order valence-electron chi connectivity index (χ0n) is 14.9. The number of nitrogens with one attached hydrogen (secondary N) is 1. The van der Waals surface area contributed by atoms with Crippen LogP contribution in [-0.2, 0) is 4.74 Å². The molecular weight excluding hydrogens is 399 g/mol. The fourth-order valence-corrected chi connectivity index (χ4v) is 22.6. The second-order valence-electron chi connectivity index (χ2n) is 6.23. The predicted molar refractivity (Wildman–Crippen MR) is 102 cm³/mol. The molecule has 0 aliphatic rings. The minimum absolute atomic E-state index is 0.550. The van der Waals surface area contributed by atoms with Gasteiger partial charge in [0, 0.05) is 0 Å². The van der Waals surface area contributed by atoms with Crippen molar-refractivity contribution in [3.8, 4) is 0 Å². The summed E-state index contributed by atoms with van der Waals surface area (Å²) in [7, 11) is 1.72. The van der Waals surface area contributed by atoms with Crippen LogP contribution in [0.4, 0.5) is 5.13 Å². The van der Waals surface area contributed by atoms with Crippen molar-refractivity contribution in [3.05, 3.63) is 6.20 Å². The molecule has 0 unspecified atom stereocenters. The molecule has 1 rings (SSSR count). The summed E-state index contributed by atoms with van der Waals surface area (Å²) in [6.07, 6.45) is 10.4. The Morgan fingerprint density at radius 2 is 1.59 bits per heavy atom. The van der Waals surface area contributed by atoms with Crippen LogP contribution in [0.1, 0.15) is 59.3 Å². The maximum absolute atomic E-state index is 5.11. The number of unbranched alkanes of at least 4 members (excludes halogenated alkanes) is 3. The molecule has 0 aliphatic carbocycles. The minimum atomic E-state index is -2.26. The van der Waals surface area contributed by atoms with Gasteiger partial charge in [0.2, 0.25) is 0 Å². The van der Waals surface area contributed by atoms with Gasteiger partial charge in [-0.05, 0) is 0 Å². The topological polar surface area (TPSA) is 34.2 Å². The van der Waals surface area contributed by atoms with Gasteiger partial charge in [-0.3, -0.25) is 0 Å². The van der Waals surface area contributed by atoms with Crippen LogP contribution < -0.4 is 8.21 Å². The van der Waals surface area contributed by atoms with E-state index in [0.717, 1.165) is 5.13 Å². The Morgan fingerprint density at radius 1 is 1.05 bits per heavy atom. The van der Waals surface area contributed by atoms with E-state index >= 15 is 0 Å². The Hall–Kier alpha value is 0.189. The van der Waals surface area contributed by atoms with Gasteiger partial charge in [-0.25, -0.2) is 0 Å². The van der Waals surface area contributed by atoms with Crippen molar-refractivity contribution in [3.63, 3.8) is 0 Å². The molecule has 0 saturated heterocycles. The normalized spacial score (nSPS) is 11.8. The molecule has 1 aromatic heterocycles. The number of aromatic nitrogens is 1. The van der Waals surface area contributed by atoms with Crippen LogP contribution in [0.3, 0.4) is 0 Å². The van der Waals surface area contributed by atoms with Gasteiger partial charge in [0.05, 0.1) is 0 Å². The number of nitrogens with zero attached hydrogens (tertiary/aromatic N) is 1. The van der Waals surface area contributed by atoms with Crippen molar-refractivity contribution < 1.29 is 4.74 Å². The van der Waals surface area contributed by atoms with Crippen LogP contribution in [0.15, 0.2) is 6.20 Å². The van der Waals surface area contributed by atoms with Crippen LogP contribution >= 0.6 is 11.3 Å². The monoisotopic (exact) mass is 434 g/mol. The maximum atomic E-state index is 5.11. The van der Waals surface area contributed by atoms with Crippen molar-refractivity contribution in [2.24, 2.45) is 0 Å². The van der Waals surface area contributed by atoms with Crippen molar-refractivity contribution in [1.82, 2.24) is 4.98 Å². The van der Waals surface area contributed by atoms with Crippen molar-refractivity contribution in [2.75, 3.05) is 19.2 Å². The molecule has 0 radical (unpaired) electrons. The summed E-state index contributed by atoms with van der Waals surface area (Å²) in [6.45, 7) is 7.53. The number of methoxy groups -OCH3 is 1. The molecule has 0 bridgehead atoms. The van der Waals surface area contributed by atoms with E-state index < -0.39 is 18.4 Å². The van der Waals surface area contributed by atoms with Gasteiger partial charge in [0.1, 0.15) is 0 Å². The van der Waals surface area contributed by atoms with E-state index in [4.69, 9.17) is 4.74 Å². The molecule has 3 nitrogen and oxygen atoms in total. The molecule has 5 heteroatoms. The first-order valence-corrected chi connectivity index (χ1v) is 17.2. The van der Waals surface area contributed by atoms with Crippen LogP contribution in [0.25, 0.3) is 0 Å². The van der Waals surface area contributed by atoms with Crippen LogP contribution in [0, 0.1) is 0 Å². The first-order chi connectivity index (χ1) is 10.7. The van der Waals surface area contributed by atoms with E-state index in [0.29, 0.717) is 6.73 Å². The molecule has 0 atom stereocenters. The van der Waals surface area contributed by atoms with Gasteiger partial charge in [-0.2, -0.15) is 0 Å². The van der Waals surface area contributed by atoms with E-state index in [1.54, 1.807) is 10.0 Å². The Labute approximate surface area is 145 Å². The molecule has 0 amide bonds. The van der Waals surface area contributed by atoms with Gasteiger partial charge in [-0.15, -0.1) is 0 Å². The van der Waals surface area contributed by atoms with E-state index in [1.807, 2.05) is 11.3 Å². The fourth-order valence-electron chi connectivity index (χ4n) is 3.03. The number of rotatable bonds is 13. The first-order valence-electron chi connectivity index (χ1n) is 8.91. The fraction of sp³-hybridized carbons (Fsp3) is 0.824. The number of anilines is 1. The summed E-state index contributed by atoms with van der Waals surface area (Å²) >= 11 is -0.335. The number of hydrogen-bond donors (Lipinski definition) is 1. The zero-order chi connectivity index (χ0) is 16.3. The third-order valence-corrected chi connectivity index (χ3v) is 23.5. The molecule has 0 saturated carbocycles. The predicted octanol–water partition coefficient (Wildman–Crippen LogP) is 5.22. The molecule has 22 heavy (non-hydrogen) atoms. The quantitative estimate of drug-likeness (QED) is 0.343. The molecule has 1 aromatic rings. The number of ether oxygens (including phenoxy) is 1. The summed E-state index contributed by atoms with van der Waals surface area (Å²) in [5.41, 5.74) is 0. The van der Waals surface area contributed by atoms with Crippen LogP contribution in [0.5, 0.6) is 0 Å². The van der Waals surface area contributed by atoms with E-state index in [-0.39, 0.29) is 0 Å². The Balaban J connectivity index is 2.94. The van der Waals surface area contributed by atoms with E-state index in [9.17, 15) is 0 Å². The van der Waals surface area contributed by atoms with Gasteiger partial charge < -0.3 is 0 Å². The second-order valence-corrected chi connectivity index (χ2v) is 21.4. The van der Waals surface area contributed by atoms with Crippen LogP contribution in [0.2, 0.25) is 13.3 Å². The molecule has 0 fully saturated rings. The molecular formula is C17H34N2OSSn. The Bertz CT molecular complexity index is 376. The van der Waals surface area contributed by atoms with Crippen LogP contribution in [-0.4, -0.2) is 37.2 Å². The molecule has 0 aliphatic heterocycles. The molecule has 1 heterocycles. The third kappa shape index (κ3) is 6.36. The zero-order valence-corrected chi connectivity index (χ0v) is 18.6. The molecule has 0 aromatic carbocycles. The standard InChI is InChI=1S/C5H7N2OS.3C4H9.Sn/c1-8-4-7-5-6-2-3-9-5;3*1-3-4-2;/h2H,4H2,1H3,(H,6,7);3*1,3-4H2,2H3;. The summed E-state index contributed by atoms with van der Waals surface area (Å²) < 4.78 is 11.3. The van der Waals surface area contributed by atoms with Crippen molar-refractivity contribution in [2.45, 2.75) is 72.6 Å². The molecule has 128 valence electrons. The number of hydrogen-bond acceptors (Lipinski definition) is 4. The van der Waals surface area contributed by atoms with Crippen molar-refractivity contribution in [1.29, 1.82) is 0 Å². The van der Waals surface area contributed by atoms with Gasteiger partial charge in [0.15, 0.2) is 0 Å².